The predicted molar refractivity (Wildman–Crippen MR) is 315 cm³/mol. The standard InChI is InChI=1S/C66H125NO5/c1-3-5-7-9-11-13-15-17-18-19-25-28-31-35-38-42-46-50-54-58-64(69)63(62-68)67-65(70)59-55-51-47-43-39-36-32-29-26-23-21-20-22-24-27-30-33-37-41-45-49-53-57-61-72-66(71)60-56-52-48-44-40-34-16-14-12-10-8-6-4-2/h20,22-23,26,54,58,63-64,68-69H,3-19,21,24-25,27-53,55-57,59-62H2,1-2H3,(H,67,70)/b22-20-,26-23-,58-54+. The van der Waals surface area contributed by atoms with Gasteiger partial charge >= 0.3 is 5.97 Å². The van der Waals surface area contributed by atoms with E-state index in [4.69, 9.17) is 4.74 Å². The van der Waals surface area contributed by atoms with E-state index in [0.29, 0.717) is 19.4 Å². The van der Waals surface area contributed by atoms with Gasteiger partial charge in [-0.15, -0.1) is 0 Å². The van der Waals surface area contributed by atoms with Crippen LogP contribution in [-0.4, -0.2) is 47.4 Å². The molecule has 0 aromatic heterocycles. The number of nitrogens with one attached hydrogen (secondary N) is 1. The Morgan fingerprint density at radius 3 is 1.06 bits per heavy atom. The second-order valence-electron chi connectivity index (χ2n) is 22.1. The van der Waals surface area contributed by atoms with Gasteiger partial charge in [0.25, 0.3) is 0 Å². The molecule has 3 N–H and O–H groups in total. The summed E-state index contributed by atoms with van der Waals surface area (Å²) in [5, 5.41) is 23.2. The van der Waals surface area contributed by atoms with E-state index in [0.717, 1.165) is 57.8 Å². The molecule has 6 nitrogen and oxygen atoms in total. The van der Waals surface area contributed by atoms with E-state index >= 15 is 0 Å². The van der Waals surface area contributed by atoms with Crippen molar-refractivity contribution in [1.29, 1.82) is 0 Å². The lowest BCUT2D eigenvalue weighted by molar-refractivity contribution is -0.143. The summed E-state index contributed by atoms with van der Waals surface area (Å²) in [4.78, 5) is 24.5. The second-order valence-corrected chi connectivity index (χ2v) is 22.1. The average molecular weight is 1010 g/mol. The summed E-state index contributed by atoms with van der Waals surface area (Å²) >= 11 is 0. The fraction of sp³-hybridized carbons (Fsp3) is 0.879. The van der Waals surface area contributed by atoms with Crippen LogP contribution in [0.2, 0.25) is 0 Å². The fourth-order valence-electron chi connectivity index (χ4n) is 9.96. The lowest BCUT2D eigenvalue weighted by Crippen LogP contribution is -2.45. The Bertz CT molecular complexity index is 1170. The molecule has 0 fully saturated rings. The summed E-state index contributed by atoms with van der Waals surface area (Å²) in [6.45, 7) is 4.92. The molecule has 0 spiro atoms. The van der Waals surface area contributed by atoms with Crippen LogP contribution >= 0.6 is 0 Å². The predicted octanol–water partition coefficient (Wildman–Crippen LogP) is 20.4. The van der Waals surface area contributed by atoms with Crippen molar-refractivity contribution in [2.24, 2.45) is 0 Å². The zero-order valence-electron chi connectivity index (χ0n) is 48.4. The zero-order valence-corrected chi connectivity index (χ0v) is 48.4. The number of carbonyl (C=O) groups excluding carboxylic acids is 2. The van der Waals surface area contributed by atoms with Crippen LogP contribution in [0, 0.1) is 0 Å². The smallest absolute Gasteiger partial charge is 0.305 e. The van der Waals surface area contributed by atoms with Crippen LogP contribution in [0.4, 0.5) is 0 Å². The second kappa shape index (κ2) is 61.6. The highest BCUT2D eigenvalue weighted by Crippen LogP contribution is 2.17. The van der Waals surface area contributed by atoms with Crippen LogP contribution in [0.5, 0.6) is 0 Å². The molecule has 0 saturated carbocycles. The van der Waals surface area contributed by atoms with Crippen molar-refractivity contribution in [1.82, 2.24) is 5.32 Å². The highest BCUT2D eigenvalue weighted by Gasteiger charge is 2.18. The van der Waals surface area contributed by atoms with E-state index in [9.17, 15) is 19.8 Å². The van der Waals surface area contributed by atoms with Crippen molar-refractivity contribution < 1.29 is 24.5 Å². The maximum Gasteiger partial charge on any atom is 0.305 e. The van der Waals surface area contributed by atoms with Crippen molar-refractivity contribution in [3.8, 4) is 0 Å². The number of hydrogen-bond acceptors (Lipinski definition) is 5. The number of carbonyl (C=O) groups is 2. The van der Waals surface area contributed by atoms with Crippen molar-refractivity contribution >= 4 is 11.9 Å². The third-order valence-corrected chi connectivity index (χ3v) is 14.9. The monoisotopic (exact) mass is 1010 g/mol. The Morgan fingerprint density at radius 2 is 0.694 bits per heavy atom. The number of ether oxygens (including phenoxy) is 1. The molecule has 72 heavy (non-hydrogen) atoms. The minimum absolute atomic E-state index is 0.00823. The number of aliphatic hydroxyl groups excluding tert-OH is 2. The van der Waals surface area contributed by atoms with Gasteiger partial charge in [0.05, 0.1) is 25.4 Å². The molecule has 2 atom stereocenters. The summed E-state index contributed by atoms with van der Waals surface area (Å²) in [5.41, 5.74) is 0. The minimum Gasteiger partial charge on any atom is -0.466 e. The van der Waals surface area contributed by atoms with Gasteiger partial charge in [-0.1, -0.05) is 307 Å². The summed E-state index contributed by atoms with van der Waals surface area (Å²) in [6.07, 6.45) is 77.6. The van der Waals surface area contributed by atoms with E-state index in [1.165, 1.54) is 263 Å². The normalized spacial score (nSPS) is 12.8. The van der Waals surface area contributed by atoms with Gasteiger partial charge in [-0.25, -0.2) is 0 Å². The molecule has 0 aliphatic carbocycles. The maximum atomic E-state index is 12.5. The number of aliphatic hydroxyl groups is 2. The van der Waals surface area contributed by atoms with Crippen LogP contribution in [-0.2, 0) is 14.3 Å². The molecule has 0 aromatic rings. The van der Waals surface area contributed by atoms with Gasteiger partial charge in [0.2, 0.25) is 5.91 Å². The molecule has 0 aromatic carbocycles. The summed E-state index contributed by atoms with van der Waals surface area (Å²) in [7, 11) is 0. The molecule has 0 rings (SSSR count). The van der Waals surface area contributed by atoms with E-state index in [2.05, 4.69) is 43.5 Å². The van der Waals surface area contributed by atoms with Crippen molar-refractivity contribution in [3.05, 3.63) is 36.5 Å². The molecular weight excluding hydrogens is 887 g/mol. The van der Waals surface area contributed by atoms with Gasteiger partial charge in [0.1, 0.15) is 0 Å². The van der Waals surface area contributed by atoms with Crippen LogP contribution in [0.1, 0.15) is 348 Å². The highest BCUT2D eigenvalue weighted by atomic mass is 16.5. The van der Waals surface area contributed by atoms with Gasteiger partial charge in [-0.3, -0.25) is 9.59 Å². The molecule has 0 saturated heterocycles. The molecule has 0 aliphatic heterocycles. The SMILES string of the molecule is CCCCCCCCCCCCCCCCCCC/C=C/C(O)C(CO)NC(=O)CCCCCCCCC/C=C\C/C=C\CCCCCCCCCCCOC(=O)CCCCCCCCCCCCCCC. The number of rotatable bonds is 60. The molecule has 2 unspecified atom stereocenters. The van der Waals surface area contributed by atoms with Crippen LogP contribution < -0.4 is 5.32 Å². The minimum atomic E-state index is -0.852. The molecule has 0 aliphatic rings. The van der Waals surface area contributed by atoms with Gasteiger partial charge < -0.3 is 20.3 Å². The molecule has 1 amide bonds. The van der Waals surface area contributed by atoms with Crippen molar-refractivity contribution in [2.45, 2.75) is 360 Å². The average Bonchev–Trinajstić information content (AvgIpc) is 3.38. The van der Waals surface area contributed by atoms with Crippen molar-refractivity contribution in [3.63, 3.8) is 0 Å². The van der Waals surface area contributed by atoms with E-state index in [1.807, 2.05) is 6.08 Å². The maximum absolute atomic E-state index is 12.5. The van der Waals surface area contributed by atoms with Crippen LogP contribution in [0.15, 0.2) is 36.5 Å². The molecule has 424 valence electrons. The lowest BCUT2D eigenvalue weighted by Gasteiger charge is -2.20. The zero-order chi connectivity index (χ0) is 52.2. The van der Waals surface area contributed by atoms with Crippen LogP contribution in [0.3, 0.4) is 0 Å². The first kappa shape index (κ1) is 70.1. The number of esters is 1. The first-order valence-electron chi connectivity index (χ1n) is 32.3. The summed E-state index contributed by atoms with van der Waals surface area (Å²) < 4.78 is 5.48. The third-order valence-electron chi connectivity index (χ3n) is 14.9. The molecule has 0 radical (unpaired) electrons. The number of allylic oxidation sites excluding steroid dienone is 5. The Labute approximate surface area is 449 Å². The lowest BCUT2D eigenvalue weighted by atomic mass is 10.0. The number of unbranched alkanes of at least 4 members (excludes halogenated alkanes) is 45. The fourth-order valence-corrected chi connectivity index (χ4v) is 9.96. The Kier molecular flexibility index (Phi) is 60.0. The van der Waals surface area contributed by atoms with Gasteiger partial charge in [0, 0.05) is 12.8 Å². The van der Waals surface area contributed by atoms with Gasteiger partial charge in [-0.05, 0) is 64.2 Å². The van der Waals surface area contributed by atoms with Gasteiger partial charge in [-0.2, -0.15) is 0 Å². The summed E-state index contributed by atoms with van der Waals surface area (Å²) in [6, 6.07) is -0.636. The Morgan fingerprint density at radius 1 is 0.389 bits per heavy atom. The first-order chi connectivity index (χ1) is 35.5. The third kappa shape index (κ3) is 57.4. The quantitative estimate of drug-likeness (QED) is 0.0320. The number of hydrogen-bond donors (Lipinski definition) is 3. The summed E-state index contributed by atoms with van der Waals surface area (Å²) in [5.74, 6) is -0.0678. The van der Waals surface area contributed by atoms with Crippen LogP contribution in [0.25, 0.3) is 0 Å². The first-order valence-corrected chi connectivity index (χ1v) is 32.3. The molecular formula is C66H125NO5. The Hall–Kier alpha value is -1.92. The topological polar surface area (TPSA) is 95.9 Å². The van der Waals surface area contributed by atoms with Crippen molar-refractivity contribution in [2.75, 3.05) is 13.2 Å². The van der Waals surface area contributed by atoms with E-state index < -0.39 is 12.1 Å². The molecule has 6 heteroatoms. The van der Waals surface area contributed by atoms with E-state index in [1.54, 1.807) is 6.08 Å². The van der Waals surface area contributed by atoms with Gasteiger partial charge in [0.15, 0.2) is 0 Å². The Balaban J connectivity index is 3.48. The number of amides is 1. The van der Waals surface area contributed by atoms with E-state index in [-0.39, 0.29) is 18.5 Å². The molecule has 0 bridgehead atoms. The largest absolute Gasteiger partial charge is 0.466 e. The highest BCUT2D eigenvalue weighted by molar-refractivity contribution is 5.76. The molecule has 0 heterocycles.